The first-order valence-corrected chi connectivity index (χ1v) is 9.68. The molecule has 0 spiro atoms. The molecule has 0 N–H and O–H groups in total. The Morgan fingerprint density at radius 1 is 1.15 bits per heavy atom. The number of Topliss-reactive ketones (excluding diaryl/α,β-unsaturated/α-hetero) is 1. The van der Waals surface area contributed by atoms with Gasteiger partial charge in [0.2, 0.25) is 0 Å². The molecule has 2 saturated carbocycles. The van der Waals surface area contributed by atoms with Crippen molar-refractivity contribution < 1.29 is 19.1 Å². The summed E-state index contributed by atoms with van der Waals surface area (Å²) in [6.07, 6.45) is 4.05. The van der Waals surface area contributed by atoms with Crippen molar-refractivity contribution in [2.24, 2.45) is 17.8 Å². The minimum Gasteiger partial charge on any atom is -0.452 e. The molecule has 3 aliphatic rings. The van der Waals surface area contributed by atoms with Gasteiger partial charge in [-0.3, -0.25) is 14.4 Å². The third-order valence-electron chi connectivity index (χ3n) is 6.18. The molecule has 2 bridgehead atoms. The second-order valence-electron chi connectivity index (χ2n) is 7.84. The van der Waals surface area contributed by atoms with Gasteiger partial charge in [-0.25, -0.2) is 0 Å². The molecule has 4 rings (SSSR count). The van der Waals surface area contributed by atoms with Crippen LogP contribution in [0.25, 0.3) is 0 Å². The maximum absolute atomic E-state index is 12.8. The number of ketones is 1. The molecule has 2 fully saturated rings. The van der Waals surface area contributed by atoms with Crippen LogP contribution >= 0.6 is 0 Å². The summed E-state index contributed by atoms with van der Waals surface area (Å²) in [6, 6.07) is 7.84. The number of fused-ring (bicyclic) bond motifs is 3. The van der Waals surface area contributed by atoms with E-state index >= 15 is 0 Å². The highest BCUT2D eigenvalue weighted by atomic mass is 16.5. The molecule has 26 heavy (non-hydrogen) atoms. The van der Waals surface area contributed by atoms with Crippen molar-refractivity contribution in [2.45, 2.75) is 51.6 Å². The van der Waals surface area contributed by atoms with Gasteiger partial charge in [0.25, 0.3) is 5.91 Å². The zero-order valence-corrected chi connectivity index (χ0v) is 15.1. The van der Waals surface area contributed by atoms with Crippen LogP contribution in [0.5, 0.6) is 0 Å². The lowest BCUT2D eigenvalue weighted by molar-refractivity contribution is -0.161. The molecule has 0 radical (unpaired) electrons. The van der Waals surface area contributed by atoms with Crippen molar-refractivity contribution in [1.82, 2.24) is 0 Å². The van der Waals surface area contributed by atoms with Crippen molar-refractivity contribution in [3.8, 4) is 0 Å². The fourth-order valence-electron chi connectivity index (χ4n) is 4.78. The van der Waals surface area contributed by atoms with Gasteiger partial charge in [-0.15, -0.1) is 0 Å². The smallest absolute Gasteiger partial charge is 0.309 e. The SMILES string of the molecule is CC(OC(=O)C1CC2CCCC(C1)C2=O)C(=O)N1CCc2ccccc21. The van der Waals surface area contributed by atoms with Crippen LogP contribution in [-0.2, 0) is 25.5 Å². The molecule has 1 aliphatic heterocycles. The van der Waals surface area contributed by atoms with E-state index in [0.29, 0.717) is 25.2 Å². The summed E-state index contributed by atoms with van der Waals surface area (Å²) < 4.78 is 5.54. The maximum atomic E-state index is 12.8. The second-order valence-corrected chi connectivity index (χ2v) is 7.84. The lowest BCUT2D eigenvalue weighted by atomic mass is 9.67. The molecule has 1 amide bonds. The van der Waals surface area contributed by atoms with E-state index in [4.69, 9.17) is 4.74 Å². The number of hydrogen-bond donors (Lipinski definition) is 0. The number of anilines is 1. The summed E-state index contributed by atoms with van der Waals surface area (Å²) in [5.74, 6) is -0.381. The van der Waals surface area contributed by atoms with Crippen LogP contribution in [0.3, 0.4) is 0 Å². The molecule has 5 heteroatoms. The number of ether oxygens (including phenoxy) is 1. The second kappa shape index (κ2) is 6.86. The van der Waals surface area contributed by atoms with Crippen molar-refractivity contribution in [3.63, 3.8) is 0 Å². The summed E-state index contributed by atoms with van der Waals surface area (Å²) in [5.41, 5.74) is 2.07. The first-order chi connectivity index (χ1) is 12.5. The lowest BCUT2D eigenvalue weighted by Crippen LogP contribution is -2.43. The minimum atomic E-state index is -0.800. The summed E-state index contributed by atoms with van der Waals surface area (Å²) in [5, 5.41) is 0. The number of rotatable bonds is 3. The van der Waals surface area contributed by atoms with Gasteiger partial charge in [0, 0.05) is 24.1 Å². The Hall–Kier alpha value is -2.17. The van der Waals surface area contributed by atoms with Crippen LogP contribution in [0, 0.1) is 17.8 Å². The molecular formula is C21H25NO4. The van der Waals surface area contributed by atoms with Crippen LogP contribution in [0.1, 0.15) is 44.6 Å². The number of esters is 1. The summed E-state index contributed by atoms with van der Waals surface area (Å²) in [7, 11) is 0. The normalized spacial score (nSPS) is 28.4. The molecule has 1 heterocycles. The highest BCUT2D eigenvalue weighted by molar-refractivity contribution is 5.99. The van der Waals surface area contributed by atoms with Crippen molar-refractivity contribution in [3.05, 3.63) is 29.8 Å². The van der Waals surface area contributed by atoms with Gasteiger partial charge >= 0.3 is 5.97 Å². The molecule has 1 aromatic rings. The van der Waals surface area contributed by atoms with E-state index in [1.807, 2.05) is 24.3 Å². The van der Waals surface area contributed by atoms with Gasteiger partial charge in [-0.2, -0.15) is 0 Å². The van der Waals surface area contributed by atoms with E-state index in [9.17, 15) is 14.4 Å². The van der Waals surface area contributed by atoms with Gasteiger partial charge < -0.3 is 9.64 Å². The highest BCUT2D eigenvalue weighted by Crippen LogP contribution is 2.40. The average molecular weight is 355 g/mol. The first kappa shape index (κ1) is 17.3. The first-order valence-electron chi connectivity index (χ1n) is 9.68. The number of carbonyl (C=O) groups is 3. The molecular weight excluding hydrogens is 330 g/mol. The molecule has 138 valence electrons. The van der Waals surface area contributed by atoms with Crippen molar-refractivity contribution in [1.29, 1.82) is 0 Å². The predicted octanol–water partition coefficient (Wildman–Crippen LogP) is 2.90. The number of nitrogens with zero attached hydrogens (tertiary/aromatic N) is 1. The number of hydrogen-bond acceptors (Lipinski definition) is 4. The van der Waals surface area contributed by atoms with Crippen molar-refractivity contribution >= 4 is 23.3 Å². The Balaban J connectivity index is 1.39. The van der Waals surface area contributed by atoms with Gasteiger partial charge in [-0.05, 0) is 50.7 Å². The minimum absolute atomic E-state index is 0.0107. The maximum Gasteiger partial charge on any atom is 0.309 e. The quantitative estimate of drug-likeness (QED) is 0.782. The molecule has 2 aliphatic carbocycles. The average Bonchev–Trinajstić information content (AvgIpc) is 3.04. The number of para-hydroxylation sites is 1. The van der Waals surface area contributed by atoms with Crippen LogP contribution in [0.4, 0.5) is 5.69 Å². The summed E-state index contributed by atoms with van der Waals surface area (Å²) in [4.78, 5) is 39.3. The topological polar surface area (TPSA) is 63.7 Å². The third-order valence-corrected chi connectivity index (χ3v) is 6.18. The number of amides is 1. The Bertz CT molecular complexity index is 727. The molecule has 3 unspecified atom stereocenters. The molecule has 0 saturated heterocycles. The van der Waals surface area contributed by atoms with E-state index in [1.54, 1.807) is 11.8 Å². The van der Waals surface area contributed by atoms with Crippen molar-refractivity contribution in [2.75, 3.05) is 11.4 Å². The zero-order valence-electron chi connectivity index (χ0n) is 15.1. The largest absolute Gasteiger partial charge is 0.452 e. The van der Waals surface area contributed by atoms with Crippen LogP contribution in [0.2, 0.25) is 0 Å². The van der Waals surface area contributed by atoms with Gasteiger partial charge in [-0.1, -0.05) is 24.6 Å². The fraction of sp³-hybridized carbons (Fsp3) is 0.571. The van der Waals surface area contributed by atoms with Gasteiger partial charge in [0.05, 0.1) is 5.92 Å². The lowest BCUT2D eigenvalue weighted by Gasteiger charge is -2.36. The highest BCUT2D eigenvalue weighted by Gasteiger charge is 2.42. The van der Waals surface area contributed by atoms with Crippen LogP contribution in [-0.4, -0.2) is 30.3 Å². The Kier molecular flexibility index (Phi) is 4.55. The van der Waals surface area contributed by atoms with Crippen LogP contribution < -0.4 is 4.90 Å². The monoisotopic (exact) mass is 355 g/mol. The Morgan fingerprint density at radius 2 is 1.85 bits per heavy atom. The van der Waals surface area contributed by atoms with E-state index in [2.05, 4.69) is 0 Å². The molecule has 0 aromatic heterocycles. The zero-order chi connectivity index (χ0) is 18.3. The van der Waals surface area contributed by atoms with E-state index < -0.39 is 6.10 Å². The Morgan fingerprint density at radius 3 is 2.58 bits per heavy atom. The summed E-state index contributed by atoms with van der Waals surface area (Å²) in [6.45, 7) is 2.28. The standard InChI is InChI=1S/C21H25NO4/c1-13(20(24)22-10-9-14-5-2-3-8-18(14)22)26-21(25)17-11-15-6-4-7-16(12-17)19(15)23/h2-3,5,8,13,15-17H,4,6-7,9-12H2,1H3. The predicted molar refractivity (Wildman–Crippen MR) is 96.6 cm³/mol. The van der Waals surface area contributed by atoms with Gasteiger partial charge in [0.15, 0.2) is 6.10 Å². The van der Waals surface area contributed by atoms with E-state index in [1.165, 1.54) is 0 Å². The van der Waals surface area contributed by atoms with Gasteiger partial charge in [0.1, 0.15) is 5.78 Å². The molecule has 3 atom stereocenters. The summed E-state index contributed by atoms with van der Waals surface area (Å²) >= 11 is 0. The molecule has 5 nitrogen and oxygen atoms in total. The number of carbonyl (C=O) groups excluding carboxylic acids is 3. The third kappa shape index (κ3) is 3.04. The van der Waals surface area contributed by atoms with Crippen LogP contribution in [0.15, 0.2) is 24.3 Å². The molecule has 1 aromatic carbocycles. The van der Waals surface area contributed by atoms with E-state index in [0.717, 1.165) is 36.9 Å². The van der Waals surface area contributed by atoms with E-state index in [-0.39, 0.29) is 29.6 Å². The Labute approximate surface area is 153 Å². The number of benzene rings is 1. The fourth-order valence-corrected chi connectivity index (χ4v) is 4.78.